The first kappa shape index (κ1) is 85.2. The van der Waals surface area contributed by atoms with Crippen molar-refractivity contribution in [3.63, 3.8) is 0 Å². The molecule has 1 heterocycles. The number of rotatable bonds is 66. The number of aliphatic hydroxyl groups is 1. The minimum Gasteiger partial charge on any atom is -0.462 e. The van der Waals surface area contributed by atoms with Crippen molar-refractivity contribution in [1.29, 1.82) is 0 Å². The van der Waals surface area contributed by atoms with Gasteiger partial charge in [-0.25, -0.2) is 0 Å². The Balaban J connectivity index is 3.15. The lowest BCUT2D eigenvalue weighted by Gasteiger charge is -2.43. The van der Waals surface area contributed by atoms with Crippen LogP contribution in [0.15, 0.2) is 24.3 Å². The molecule has 14 nitrogen and oxygen atoms in total. The molecule has 0 saturated carbocycles. The number of aliphatic hydroxyl groups excluding tert-OH is 1. The normalized spacial score (nSPS) is 17.3. The first-order valence-electron chi connectivity index (χ1n) is 37.8. The molecular weight excluding hydrogens is 1160 g/mol. The van der Waals surface area contributed by atoms with Gasteiger partial charge >= 0.3 is 23.9 Å². The Bertz CT molecular complexity index is 1840. The standard InChI is InChI=1S/C75H138O14S/c1-5-9-13-17-21-25-29-33-34-38-39-43-47-51-55-59-68(76)84-63-66(86-69(77)60-56-52-48-44-40-35-30-26-22-18-14-10-6-2)64-85-75-74(89-71(79)62-58-54-50-46-42-37-32-28-24-20-16-12-8-4)73(72(80)67(87-75)65-90(81,82)83)88-70(78)61-57-53-49-45-41-36-31-27-23-19-15-11-7-3/h21,25,33-34,66-67,72-75,80H,5-20,22-24,26-32,35-65H2,1-4H3,(H,81,82,83)/b25-21-,34-33-/t66-,67-,72-,73+,74-,75+/m1/s1. The molecule has 0 amide bonds. The zero-order valence-electron chi connectivity index (χ0n) is 58.3. The molecule has 2 N–H and O–H groups in total. The molecule has 90 heavy (non-hydrogen) atoms. The first-order valence-corrected chi connectivity index (χ1v) is 39.4. The van der Waals surface area contributed by atoms with E-state index in [2.05, 4.69) is 52.0 Å². The van der Waals surface area contributed by atoms with Gasteiger partial charge in [0.25, 0.3) is 10.1 Å². The van der Waals surface area contributed by atoms with Crippen LogP contribution in [-0.2, 0) is 57.7 Å². The fourth-order valence-corrected chi connectivity index (χ4v) is 12.5. The summed E-state index contributed by atoms with van der Waals surface area (Å²) in [4.78, 5) is 54.1. The lowest BCUT2D eigenvalue weighted by molar-refractivity contribution is -0.302. The molecule has 1 fully saturated rings. The quantitative estimate of drug-likeness (QED) is 0.0192. The summed E-state index contributed by atoms with van der Waals surface area (Å²) in [7, 11) is -4.77. The summed E-state index contributed by atoms with van der Waals surface area (Å²) in [5.74, 6) is -3.38. The molecule has 6 atom stereocenters. The van der Waals surface area contributed by atoms with Crippen LogP contribution in [0.5, 0.6) is 0 Å². The summed E-state index contributed by atoms with van der Waals surface area (Å²) in [5.41, 5.74) is 0. The van der Waals surface area contributed by atoms with Crippen LogP contribution in [0.25, 0.3) is 0 Å². The molecule has 1 aliphatic rings. The molecule has 0 unspecified atom stereocenters. The van der Waals surface area contributed by atoms with Gasteiger partial charge in [0.05, 0.1) is 6.61 Å². The Morgan fingerprint density at radius 2 is 0.711 bits per heavy atom. The van der Waals surface area contributed by atoms with Gasteiger partial charge in [-0.3, -0.25) is 23.7 Å². The third-order valence-corrected chi connectivity index (χ3v) is 18.2. The van der Waals surface area contributed by atoms with Crippen molar-refractivity contribution < 1.29 is 65.7 Å². The number of carbonyl (C=O) groups is 4. The van der Waals surface area contributed by atoms with Crippen LogP contribution in [0, 0.1) is 0 Å². The topological polar surface area (TPSA) is 198 Å². The van der Waals surface area contributed by atoms with Crippen molar-refractivity contribution in [1.82, 2.24) is 0 Å². The van der Waals surface area contributed by atoms with Crippen molar-refractivity contribution in [3.05, 3.63) is 24.3 Å². The summed E-state index contributed by atoms with van der Waals surface area (Å²) in [5, 5.41) is 11.7. The van der Waals surface area contributed by atoms with E-state index in [1.54, 1.807) is 0 Å². The summed E-state index contributed by atoms with van der Waals surface area (Å²) in [6.45, 7) is 8.12. The zero-order valence-corrected chi connectivity index (χ0v) is 59.1. The largest absolute Gasteiger partial charge is 0.462 e. The van der Waals surface area contributed by atoms with Gasteiger partial charge in [0.15, 0.2) is 24.6 Å². The molecule has 1 aliphatic heterocycles. The van der Waals surface area contributed by atoms with Crippen molar-refractivity contribution in [2.24, 2.45) is 0 Å². The van der Waals surface area contributed by atoms with Crippen LogP contribution in [-0.4, -0.2) is 97.7 Å². The fourth-order valence-electron chi connectivity index (χ4n) is 11.8. The van der Waals surface area contributed by atoms with Crippen LogP contribution in [0.2, 0.25) is 0 Å². The molecule has 0 aromatic heterocycles. The highest BCUT2D eigenvalue weighted by Crippen LogP contribution is 2.30. The maximum absolute atomic E-state index is 13.8. The van der Waals surface area contributed by atoms with Crippen molar-refractivity contribution >= 4 is 34.0 Å². The van der Waals surface area contributed by atoms with E-state index in [1.807, 2.05) is 0 Å². The van der Waals surface area contributed by atoms with Crippen molar-refractivity contribution in [2.75, 3.05) is 19.0 Å². The van der Waals surface area contributed by atoms with E-state index in [1.165, 1.54) is 180 Å². The second-order valence-electron chi connectivity index (χ2n) is 26.3. The van der Waals surface area contributed by atoms with E-state index in [0.29, 0.717) is 25.7 Å². The molecule has 528 valence electrons. The lowest BCUT2D eigenvalue weighted by atomic mass is 9.99. The van der Waals surface area contributed by atoms with Crippen LogP contribution in [0.4, 0.5) is 0 Å². The number of allylic oxidation sites excluding steroid dienone is 4. The molecule has 15 heteroatoms. The minimum absolute atomic E-state index is 0.00771. The molecular formula is C75H138O14S. The molecule has 0 spiro atoms. The highest BCUT2D eigenvalue weighted by molar-refractivity contribution is 7.85. The summed E-state index contributed by atoms with van der Waals surface area (Å²) >= 11 is 0. The maximum atomic E-state index is 13.8. The number of hydrogen-bond acceptors (Lipinski definition) is 13. The van der Waals surface area contributed by atoms with E-state index in [-0.39, 0.29) is 32.3 Å². The fraction of sp³-hybridized carbons (Fsp3) is 0.893. The maximum Gasteiger partial charge on any atom is 0.306 e. The average molecular weight is 1300 g/mol. The zero-order chi connectivity index (χ0) is 65.6. The van der Waals surface area contributed by atoms with Crippen LogP contribution in [0.1, 0.15) is 374 Å². The molecule has 0 aromatic rings. The molecule has 0 radical (unpaired) electrons. The van der Waals surface area contributed by atoms with Crippen LogP contribution in [0.3, 0.4) is 0 Å². The predicted octanol–water partition coefficient (Wildman–Crippen LogP) is 20.5. The average Bonchev–Trinajstić information content (AvgIpc) is 0.890. The van der Waals surface area contributed by atoms with Crippen molar-refractivity contribution in [2.45, 2.75) is 411 Å². The van der Waals surface area contributed by atoms with E-state index < -0.39 is 83.2 Å². The number of ether oxygens (including phenoxy) is 6. The van der Waals surface area contributed by atoms with Gasteiger partial charge < -0.3 is 33.5 Å². The Morgan fingerprint density at radius 3 is 1.09 bits per heavy atom. The molecule has 0 bridgehead atoms. The second-order valence-corrected chi connectivity index (χ2v) is 27.8. The molecule has 0 aromatic carbocycles. The Labute approximate surface area is 551 Å². The van der Waals surface area contributed by atoms with Gasteiger partial charge in [-0.1, -0.05) is 315 Å². The number of carbonyl (C=O) groups excluding carboxylic acids is 4. The Kier molecular flexibility index (Phi) is 58.9. The summed E-state index contributed by atoms with van der Waals surface area (Å²) in [6, 6.07) is 0. The van der Waals surface area contributed by atoms with Gasteiger partial charge in [-0.2, -0.15) is 8.42 Å². The van der Waals surface area contributed by atoms with E-state index in [4.69, 9.17) is 28.4 Å². The van der Waals surface area contributed by atoms with Gasteiger partial charge in [0.1, 0.15) is 24.6 Å². The minimum atomic E-state index is -4.77. The second kappa shape index (κ2) is 62.3. The Hall–Kier alpha value is -2.85. The number of esters is 4. The highest BCUT2D eigenvalue weighted by Gasteiger charge is 2.51. The molecule has 1 saturated heterocycles. The van der Waals surface area contributed by atoms with E-state index in [0.717, 1.165) is 116 Å². The lowest BCUT2D eigenvalue weighted by Crippen LogP contribution is -2.62. The molecule has 0 aliphatic carbocycles. The summed E-state index contributed by atoms with van der Waals surface area (Å²) in [6.07, 6.45) is 55.5. The Morgan fingerprint density at radius 1 is 0.400 bits per heavy atom. The van der Waals surface area contributed by atoms with Crippen molar-refractivity contribution in [3.8, 4) is 0 Å². The monoisotopic (exact) mass is 1290 g/mol. The third kappa shape index (κ3) is 53.5. The van der Waals surface area contributed by atoms with Gasteiger partial charge in [0, 0.05) is 25.7 Å². The van der Waals surface area contributed by atoms with E-state index in [9.17, 15) is 37.3 Å². The van der Waals surface area contributed by atoms with Gasteiger partial charge in [-0.15, -0.1) is 0 Å². The van der Waals surface area contributed by atoms with Gasteiger partial charge in [0.2, 0.25) is 0 Å². The van der Waals surface area contributed by atoms with Gasteiger partial charge in [-0.05, 0) is 57.8 Å². The number of unbranched alkanes of at least 4 members (excludes halogenated alkanes) is 44. The third-order valence-electron chi connectivity index (χ3n) is 17.5. The smallest absolute Gasteiger partial charge is 0.306 e. The number of hydrogen-bond donors (Lipinski definition) is 2. The first-order chi connectivity index (χ1) is 43.8. The van der Waals surface area contributed by atoms with E-state index >= 15 is 0 Å². The van der Waals surface area contributed by atoms with Crippen LogP contribution >= 0.6 is 0 Å². The SMILES string of the molecule is CCCCC/C=C\C/C=C\CCCCCCCC(=O)OC[C@H](CO[C@H]1O[C@H](CS(=O)(=O)O)[C@@H](O)[C@H](OC(=O)CCCCCCCCCCCCCCC)[C@H]1OC(=O)CCCCCCCCCCCCCCC)OC(=O)CCCCCCCCCCCCCCC. The summed E-state index contributed by atoms with van der Waals surface area (Å²) < 4.78 is 70.7. The highest BCUT2D eigenvalue weighted by atomic mass is 32.2. The molecule has 1 rings (SSSR count). The predicted molar refractivity (Wildman–Crippen MR) is 368 cm³/mol. The van der Waals surface area contributed by atoms with Crippen LogP contribution < -0.4 is 0 Å².